The predicted octanol–water partition coefficient (Wildman–Crippen LogP) is 1.90. The van der Waals surface area contributed by atoms with E-state index in [4.69, 9.17) is 4.74 Å². The third-order valence-electron chi connectivity index (χ3n) is 2.92. The van der Waals surface area contributed by atoms with Crippen LogP contribution in [0.25, 0.3) is 10.6 Å². The highest BCUT2D eigenvalue weighted by atomic mass is 32.2. The molecule has 1 unspecified atom stereocenters. The van der Waals surface area contributed by atoms with Gasteiger partial charge in [0.25, 0.3) is 5.91 Å². The standard InChI is InChI=1S/C14H16N2O4S2/c1-10(8-20-2)22(18,19)16-13(17)12-9-21-14(15-12)11-6-4-3-5-7-11/h3-7,9-10H,8H2,1-2H3,(H,16,17). The lowest BCUT2D eigenvalue weighted by Crippen LogP contribution is -2.39. The van der Waals surface area contributed by atoms with Crippen LogP contribution in [0.2, 0.25) is 0 Å². The van der Waals surface area contributed by atoms with Crippen LogP contribution in [-0.2, 0) is 14.8 Å². The number of nitrogens with zero attached hydrogens (tertiary/aromatic N) is 1. The molecule has 1 aromatic heterocycles. The summed E-state index contributed by atoms with van der Waals surface area (Å²) < 4.78 is 30.7. The molecule has 6 nitrogen and oxygen atoms in total. The molecule has 0 aliphatic heterocycles. The van der Waals surface area contributed by atoms with Crippen LogP contribution in [0, 0.1) is 0 Å². The monoisotopic (exact) mass is 340 g/mol. The maximum atomic E-state index is 12.0. The van der Waals surface area contributed by atoms with Crippen molar-refractivity contribution in [1.82, 2.24) is 9.71 Å². The number of hydrogen-bond acceptors (Lipinski definition) is 6. The second-order valence-electron chi connectivity index (χ2n) is 4.65. The van der Waals surface area contributed by atoms with Crippen LogP contribution >= 0.6 is 11.3 Å². The van der Waals surface area contributed by atoms with E-state index < -0.39 is 21.2 Å². The molecular formula is C14H16N2O4S2. The van der Waals surface area contributed by atoms with Crippen LogP contribution < -0.4 is 4.72 Å². The fourth-order valence-corrected chi connectivity index (χ4v) is 3.38. The number of benzene rings is 1. The van der Waals surface area contributed by atoms with E-state index >= 15 is 0 Å². The topological polar surface area (TPSA) is 85.4 Å². The summed E-state index contributed by atoms with van der Waals surface area (Å²) in [7, 11) is -2.38. The van der Waals surface area contributed by atoms with E-state index in [9.17, 15) is 13.2 Å². The molecule has 22 heavy (non-hydrogen) atoms. The zero-order valence-corrected chi connectivity index (χ0v) is 13.8. The van der Waals surface area contributed by atoms with Gasteiger partial charge in [-0.1, -0.05) is 30.3 Å². The Balaban J connectivity index is 2.13. The highest BCUT2D eigenvalue weighted by Gasteiger charge is 2.24. The number of ether oxygens (including phenoxy) is 1. The molecule has 0 aliphatic rings. The molecule has 8 heteroatoms. The Morgan fingerprint density at radius 1 is 1.36 bits per heavy atom. The summed E-state index contributed by atoms with van der Waals surface area (Å²) in [5.41, 5.74) is 0.958. The summed E-state index contributed by atoms with van der Waals surface area (Å²) in [5.74, 6) is -0.735. The van der Waals surface area contributed by atoms with Gasteiger partial charge in [0.1, 0.15) is 16.0 Å². The number of carbonyl (C=O) groups excluding carboxylic acids is 1. The minimum Gasteiger partial charge on any atom is -0.383 e. The van der Waals surface area contributed by atoms with E-state index in [2.05, 4.69) is 4.98 Å². The zero-order chi connectivity index (χ0) is 16.2. The van der Waals surface area contributed by atoms with Gasteiger partial charge in [0, 0.05) is 18.1 Å². The number of rotatable bonds is 6. The molecule has 0 bridgehead atoms. The zero-order valence-electron chi connectivity index (χ0n) is 12.1. The lowest BCUT2D eigenvalue weighted by atomic mass is 10.2. The normalized spacial score (nSPS) is 12.8. The largest absolute Gasteiger partial charge is 0.383 e. The number of carbonyl (C=O) groups is 1. The summed E-state index contributed by atoms with van der Waals surface area (Å²) in [5, 5.41) is 1.37. The van der Waals surface area contributed by atoms with Gasteiger partial charge < -0.3 is 4.74 Å². The van der Waals surface area contributed by atoms with E-state index in [0.29, 0.717) is 5.01 Å². The number of thiazole rings is 1. The fraction of sp³-hybridized carbons (Fsp3) is 0.286. The third-order valence-corrected chi connectivity index (χ3v) is 5.48. The minimum absolute atomic E-state index is 0.00887. The van der Waals surface area contributed by atoms with E-state index in [1.807, 2.05) is 35.1 Å². The summed E-state index contributed by atoms with van der Waals surface area (Å²) in [4.78, 5) is 16.2. The Bertz CT molecular complexity index is 741. The first-order valence-electron chi connectivity index (χ1n) is 6.50. The summed E-state index contributed by atoms with van der Waals surface area (Å²) in [6, 6.07) is 9.37. The van der Waals surface area contributed by atoms with Crippen molar-refractivity contribution in [3.05, 3.63) is 41.4 Å². The minimum atomic E-state index is -3.79. The van der Waals surface area contributed by atoms with Gasteiger partial charge in [0.05, 0.1) is 6.61 Å². The molecule has 1 amide bonds. The van der Waals surface area contributed by atoms with E-state index in [0.717, 1.165) is 5.56 Å². The molecule has 1 heterocycles. The van der Waals surface area contributed by atoms with Gasteiger partial charge in [-0.2, -0.15) is 0 Å². The maximum Gasteiger partial charge on any atom is 0.284 e. The van der Waals surface area contributed by atoms with E-state index in [1.54, 1.807) is 0 Å². The Labute approximate surface area is 133 Å². The van der Waals surface area contributed by atoms with Crippen molar-refractivity contribution in [2.75, 3.05) is 13.7 Å². The van der Waals surface area contributed by atoms with Crippen molar-refractivity contribution in [3.63, 3.8) is 0 Å². The number of amides is 1. The average Bonchev–Trinajstić information content (AvgIpc) is 2.98. The highest BCUT2D eigenvalue weighted by molar-refractivity contribution is 7.90. The number of sulfonamides is 1. The van der Waals surface area contributed by atoms with Crippen molar-refractivity contribution >= 4 is 27.3 Å². The van der Waals surface area contributed by atoms with E-state index in [1.165, 1.54) is 30.8 Å². The van der Waals surface area contributed by atoms with Gasteiger partial charge in [0.15, 0.2) is 0 Å². The Kier molecular flexibility index (Phi) is 5.28. The molecule has 2 aromatic rings. The van der Waals surface area contributed by atoms with Crippen molar-refractivity contribution in [2.24, 2.45) is 0 Å². The van der Waals surface area contributed by atoms with Gasteiger partial charge in [-0.05, 0) is 6.92 Å². The fourth-order valence-electron chi connectivity index (χ4n) is 1.70. The van der Waals surface area contributed by atoms with Crippen LogP contribution in [0.4, 0.5) is 0 Å². The first kappa shape index (κ1) is 16.6. The van der Waals surface area contributed by atoms with Crippen molar-refractivity contribution in [2.45, 2.75) is 12.2 Å². The Morgan fingerprint density at radius 2 is 2.05 bits per heavy atom. The average molecular weight is 340 g/mol. The van der Waals surface area contributed by atoms with Crippen molar-refractivity contribution < 1.29 is 17.9 Å². The molecule has 0 saturated heterocycles. The molecule has 1 atom stereocenters. The van der Waals surface area contributed by atoms with Gasteiger partial charge >= 0.3 is 0 Å². The van der Waals surface area contributed by atoms with Gasteiger partial charge in [0.2, 0.25) is 10.0 Å². The predicted molar refractivity (Wildman–Crippen MR) is 85.3 cm³/mol. The molecular weight excluding hydrogens is 324 g/mol. The second-order valence-corrected chi connectivity index (χ2v) is 7.60. The molecule has 1 N–H and O–H groups in total. The number of hydrogen-bond donors (Lipinski definition) is 1. The van der Waals surface area contributed by atoms with Crippen LogP contribution in [0.1, 0.15) is 17.4 Å². The molecule has 2 rings (SSSR count). The molecule has 0 radical (unpaired) electrons. The van der Waals surface area contributed by atoms with Crippen LogP contribution in [-0.4, -0.2) is 38.3 Å². The lowest BCUT2D eigenvalue weighted by Gasteiger charge is -2.11. The quantitative estimate of drug-likeness (QED) is 0.868. The van der Waals surface area contributed by atoms with Crippen molar-refractivity contribution in [3.8, 4) is 10.6 Å². The molecule has 118 valence electrons. The first-order chi connectivity index (χ1) is 10.4. The molecule has 0 aliphatic carbocycles. The number of nitrogens with one attached hydrogen (secondary N) is 1. The lowest BCUT2D eigenvalue weighted by molar-refractivity contribution is 0.0976. The molecule has 0 saturated carbocycles. The summed E-state index contributed by atoms with van der Waals surface area (Å²) in [6.07, 6.45) is 0. The van der Waals surface area contributed by atoms with Crippen molar-refractivity contribution in [1.29, 1.82) is 0 Å². The smallest absolute Gasteiger partial charge is 0.284 e. The van der Waals surface area contributed by atoms with Crippen LogP contribution in [0.5, 0.6) is 0 Å². The second kappa shape index (κ2) is 6.99. The maximum absolute atomic E-state index is 12.0. The summed E-state index contributed by atoms with van der Waals surface area (Å²) >= 11 is 1.28. The van der Waals surface area contributed by atoms with Crippen LogP contribution in [0.15, 0.2) is 35.7 Å². The van der Waals surface area contributed by atoms with Gasteiger partial charge in [-0.15, -0.1) is 11.3 Å². The number of methoxy groups -OCH3 is 1. The third kappa shape index (κ3) is 3.90. The molecule has 0 fully saturated rings. The van der Waals surface area contributed by atoms with Gasteiger partial charge in [-0.25, -0.2) is 18.1 Å². The first-order valence-corrected chi connectivity index (χ1v) is 8.92. The Hall–Kier alpha value is -1.77. The number of aromatic nitrogens is 1. The Morgan fingerprint density at radius 3 is 2.68 bits per heavy atom. The highest BCUT2D eigenvalue weighted by Crippen LogP contribution is 2.23. The SMILES string of the molecule is COCC(C)S(=O)(=O)NC(=O)c1csc(-c2ccccc2)n1. The molecule has 1 aromatic carbocycles. The van der Waals surface area contributed by atoms with Crippen LogP contribution in [0.3, 0.4) is 0 Å². The van der Waals surface area contributed by atoms with Gasteiger partial charge in [-0.3, -0.25) is 4.79 Å². The molecule has 0 spiro atoms. The van der Waals surface area contributed by atoms with E-state index in [-0.39, 0.29) is 12.3 Å². The summed E-state index contributed by atoms with van der Waals surface area (Å²) in [6.45, 7) is 1.48.